The molecule has 0 radical (unpaired) electrons. The Balaban J connectivity index is 1.49. The summed E-state index contributed by atoms with van der Waals surface area (Å²) in [5.41, 5.74) is 10.0. The van der Waals surface area contributed by atoms with Crippen molar-refractivity contribution >= 4 is 22.4 Å². The molecule has 27 heavy (non-hydrogen) atoms. The van der Waals surface area contributed by atoms with Crippen molar-refractivity contribution in [2.45, 2.75) is 37.8 Å². The van der Waals surface area contributed by atoms with Crippen LogP contribution in [0.3, 0.4) is 0 Å². The first kappa shape index (κ1) is 16.3. The normalized spacial score (nSPS) is 20.4. The molecule has 0 aliphatic heterocycles. The van der Waals surface area contributed by atoms with E-state index in [0.717, 1.165) is 59.3 Å². The van der Waals surface area contributed by atoms with Crippen LogP contribution in [0.5, 0.6) is 0 Å². The van der Waals surface area contributed by atoms with E-state index in [1.165, 1.54) is 0 Å². The molecule has 0 atom stereocenters. The third-order valence-electron chi connectivity index (χ3n) is 5.53. The van der Waals surface area contributed by atoms with Gasteiger partial charge in [0.05, 0.1) is 23.6 Å². The van der Waals surface area contributed by atoms with E-state index in [4.69, 9.17) is 10.8 Å². The van der Waals surface area contributed by atoms with Crippen LogP contribution in [0.15, 0.2) is 42.7 Å². The van der Waals surface area contributed by atoms with Gasteiger partial charge in [-0.15, -0.1) is 5.10 Å². The van der Waals surface area contributed by atoms with Crippen molar-refractivity contribution in [3.8, 4) is 11.3 Å². The number of rotatable bonds is 3. The summed E-state index contributed by atoms with van der Waals surface area (Å²) < 4.78 is 3.79. The number of nitrogens with zero attached hydrogens (tertiary/aromatic N) is 5. The van der Waals surface area contributed by atoms with Crippen LogP contribution in [0.4, 0.5) is 5.82 Å². The van der Waals surface area contributed by atoms with Crippen molar-refractivity contribution in [2.75, 3.05) is 5.32 Å². The standard InChI is InChI=1S/C20H23N7/c1-26-17-7-2-13(10-14(17)11-23-26)18-12-22-20-9-8-19(25-27(18)20)24-16-5-3-15(21)4-6-16/h2,7-12,15-16H,3-6,21H2,1H3,(H,24,25)/t15-,16-. The molecule has 0 amide bonds. The van der Waals surface area contributed by atoms with Crippen LogP contribution in [-0.4, -0.2) is 36.5 Å². The molecule has 7 heteroatoms. The van der Waals surface area contributed by atoms with Gasteiger partial charge in [-0.2, -0.15) is 5.10 Å². The maximum absolute atomic E-state index is 6.01. The van der Waals surface area contributed by atoms with Crippen molar-refractivity contribution in [2.24, 2.45) is 12.8 Å². The fourth-order valence-electron chi connectivity index (χ4n) is 3.94. The molecule has 1 aliphatic carbocycles. The molecule has 1 aromatic carbocycles. The van der Waals surface area contributed by atoms with Crippen LogP contribution in [0.1, 0.15) is 25.7 Å². The van der Waals surface area contributed by atoms with E-state index in [0.29, 0.717) is 12.1 Å². The lowest BCUT2D eigenvalue weighted by atomic mass is 9.92. The number of hydrogen-bond acceptors (Lipinski definition) is 5. The van der Waals surface area contributed by atoms with Crippen LogP contribution in [0.2, 0.25) is 0 Å². The average Bonchev–Trinajstić information content (AvgIpc) is 3.27. The molecule has 1 saturated carbocycles. The van der Waals surface area contributed by atoms with Crippen molar-refractivity contribution < 1.29 is 0 Å². The minimum absolute atomic E-state index is 0.348. The smallest absolute Gasteiger partial charge is 0.154 e. The zero-order valence-corrected chi connectivity index (χ0v) is 15.3. The number of fused-ring (bicyclic) bond motifs is 2. The van der Waals surface area contributed by atoms with Crippen molar-refractivity contribution in [1.29, 1.82) is 0 Å². The number of aryl methyl sites for hydroxylation is 1. The second-order valence-corrected chi connectivity index (χ2v) is 7.43. The minimum Gasteiger partial charge on any atom is -0.366 e. The quantitative estimate of drug-likeness (QED) is 0.586. The Morgan fingerprint density at radius 2 is 1.93 bits per heavy atom. The van der Waals surface area contributed by atoms with E-state index in [2.05, 4.69) is 33.6 Å². The Morgan fingerprint density at radius 3 is 2.78 bits per heavy atom. The molecule has 1 aliphatic rings. The Labute approximate surface area is 157 Å². The summed E-state index contributed by atoms with van der Waals surface area (Å²) >= 11 is 0. The summed E-state index contributed by atoms with van der Waals surface area (Å²) in [5.74, 6) is 0.879. The van der Waals surface area contributed by atoms with E-state index in [1.807, 2.05) is 40.8 Å². The molecule has 3 heterocycles. The number of aromatic nitrogens is 5. The number of hydrogen-bond donors (Lipinski definition) is 2. The first-order valence-electron chi connectivity index (χ1n) is 9.46. The van der Waals surface area contributed by atoms with E-state index in [1.54, 1.807) is 0 Å². The van der Waals surface area contributed by atoms with Crippen LogP contribution in [0.25, 0.3) is 27.8 Å². The second kappa shape index (κ2) is 6.35. The Morgan fingerprint density at radius 1 is 1.07 bits per heavy atom. The zero-order valence-electron chi connectivity index (χ0n) is 15.3. The van der Waals surface area contributed by atoms with Crippen molar-refractivity contribution in [3.05, 3.63) is 42.7 Å². The fourth-order valence-corrected chi connectivity index (χ4v) is 3.94. The Bertz CT molecular complexity index is 1100. The maximum Gasteiger partial charge on any atom is 0.154 e. The molecule has 4 aromatic rings. The lowest BCUT2D eigenvalue weighted by molar-refractivity contribution is 0.410. The van der Waals surface area contributed by atoms with Gasteiger partial charge in [0.1, 0.15) is 5.82 Å². The third kappa shape index (κ3) is 2.94. The highest BCUT2D eigenvalue weighted by molar-refractivity contribution is 5.84. The molecule has 0 bridgehead atoms. The number of benzene rings is 1. The molecule has 138 valence electrons. The van der Waals surface area contributed by atoms with E-state index in [-0.39, 0.29) is 0 Å². The van der Waals surface area contributed by atoms with Gasteiger partial charge in [0.25, 0.3) is 0 Å². The monoisotopic (exact) mass is 361 g/mol. The molecule has 3 N–H and O–H groups in total. The summed E-state index contributed by atoms with van der Waals surface area (Å²) in [6.45, 7) is 0. The van der Waals surface area contributed by atoms with Crippen LogP contribution in [0, 0.1) is 0 Å². The van der Waals surface area contributed by atoms with Gasteiger partial charge in [-0.25, -0.2) is 9.50 Å². The van der Waals surface area contributed by atoms with Gasteiger partial charge in [0.15, 0.2) is 5.65 Å². The fraction of sp³-hybridized carbons (Fsp3) is 0.350. The highest BCUT2D eigenvalue weighted by Crippen LogP contribution is 2.26. The van der Waals surface area contributed by atoms with E-state index < -0.39 is 0 Å². The Kier molecular flexibility index (Phi) is 3.82. The summed E-state index contributed by atoms with van der Waals surface area (Å²) in [7, 11) is 1.95. The molecule has 7 nitrogen and oxygen atoms in total. The molecule has 0 saturated heterocycles. The first-order valence-corrected chi connectivity index (χ1v) is 9.46. The highest BCUT2D eigenvalue weighted by atomic mass is 15.3. The molecule has 0 spiro atoms. The minimum atomic E-state index is 0.348. The number of anilines is 1. The van der Waals surface area contributed by atoms with Crippen LogP contribution >= 0.6 is 0 Å². The summed E-state index contributed by atoms with van der Waals surface area (Å²) in [5, 5.41) is 13.8. The predicted octanol–water partition coefficient (Wildman–Crippen LogP) is 2.96. The second-order valence-electron chi connectivity index (χ2n) is 7.43. The van der Waals surface area contributed by atoms with Crippen molar-refractivity contribution in [3.63, 3.8) is 0 Å². The number of nitrogens with two attached hydrogens (primary N) is 1. The first-order chi connectivity index (χ1) is 13.2. The summed E-state index contributed by atoms with van der Waals surface area (Å²) in [4.78, 5) is 4.51. The van der Waals surface area contributed by atoms with Gasteiger partial charge < -0.3 is 11.1 Å². The topological polar surface area (TPSA) is 86.1 Å². The van der Waals surface area contributed by atoms with Gasteiger partial charge in [-0.1, -0.05) is 6.07 Å². The Hall–Kier alpha value is -2.93. The third-order valence-corrected chi connectivity index (χ3v) is 5.53. The maximum atomic E-state index is 6.01. The summed E-state index contributed by atoms with van der Waals surface area (Å²) in [6, 6.07) is 11.1. The van der Waals surface area contributed by atoms with Gasteiger partial charge in [0, 0.05) is 30.1 Å². The molecular formula is C20H23N7. The lowest BCUT2D eigenvalue weighted by Crippen LogP contribution is -2.33. The SMILES string of the molecule is Cn1ncc2cc(-c3cnc4ccc(N[C@H]5CC[C@H](N)CC5)nn34)ccc21. The highest BCUT2D eigenvalue weighted by Gasteiger charge is 2.19. The van der Waals surface area contributed by atoms with E-state index >= 15 is 0 Å². The molecular weight excluding hydrogens is 338 g/mol. The van der Waals surface area contributed by atoms with Gasteiger partial charge in [0.2, 0.25) is 0 Å². The van der Waals surface area contributed by atoms with Gasteiger partial charge in [-0.3, -0.25) is 4.68 Å². The number of nitrogens with one attached hydrogen (secondary N) is 1. The lowest BCUT2D eigenvalue weighted by Gasteiger charge is -2.27. The van der Waals surface area contributed by atoms with Crippen molar-refractivity contribution in [1.82, 2.24) is 24.4 Å². The van der Waals surface area contributed by atoms with E-state index in [9.17, 15) is 0 Å². The molecule has 3 aromatic heterocycles. The molecule has 5 rings (SSSR count). The average molecular weight is 361 g/mol. The zero-order chi connectivity index (χ0) is 18.4. The van der Waals surface area contributed by atoms with Gasteiger partial charge in [-0.05, 0) is 49.9 Å². The molecule has 1 fully saturated rings. The van der Waals surface area contributed by atoms with Crippen LogP contribution in [-0.2, 0) is 7.05 Å². The van der Waals surface area contributed by atoms with Crippen LogP contribution < -0.4 is 11.1 Å². The molecule has 0 unspecified atom stereocenters. The van der Waals surface area contributed by atoms with Gasteiger partial charge >= 0.3 is 0 Å². The number of imidazole rings is 1. The summed E-state index contributed by atoms with van der Waals surface area (Å²) in [6.07, 6.45) is 8.09. The predicted molar refractivity (Wildman–Crippen MR) is 107 cm³/mol. The largest absolute Gasteiger partial charge is 0.366 e.